The zero-order valence-electron chi connectivity index (χ0n) is 13.8. The smallest absolute Gasteiger partial charge is 0.120 e. The molecule has 0 heterocycles. The Morgan fingerprint density at radius 3 is 2.68 bits per heavy atom. The molecule has 0 amide bonds. The lowest BCUT2D eigenvalue weighted by Gasteiger charge is -2.33. The predicted octanol–water partition coefficient (Wildman–Crippen LogP) is 4.52. The van der Waals surface area contributed by atoms with E-state index in [0.29, 0.717) is 11.8 Å². The van der Waals surface area contributed by atoms with Crippen molar-refractivity contribution in [3.8, 4) is 5.75 Å². The largest absolute Gasteiger partial charge is 0.508 e. The Bertz CT molecular complexity index is 677. The molecular formula is C20H25NO. The van der Waals surface area contributed by atoms with Crippen LogP contribution in [-0.4, -0.2) is 17.1 Å². The van der Waals surface area contributed by atoms with Gasteiger partial charge in [0.15, 0.2) is 0 Å². The van der Waals surface area contributed by atoms with Gasteiger partial charge in [-0.05, 0) is 68.5 Å². The second-order valence-electron chi connectivity index (χ2n) is 6.59. The van der Waals surface area contributed by atoms with Crippen LogP contribution in [0.15, 0.2) is 36.4 Å². The summed E-state index contributed by atoms with van der Waals surface area (Å²) in [7, 11) is 2.17. The highest BCUT2D eigenvalue weighted by Gasteiger charge is 2.23. The number of hydrogen-bond donors (Lipinski definition) is 1. The molecule has 0 radical (unpaired) electrons. The molecule has 1 aliphatic rings. The van der Waals surface area contributed by atoms with E-state index < -0.39 is 0 Å². The lowest BCUT2D eigenvalue weighted by atomic mass is 9.87. The van der Waals surface area contributed by atoms with Gasteiger partial charge in [0.05, 0.1) is 0 Å². The van der Waals surface area contributed by atoms with Crippen molar-refractivity contribution in [2.75, 3.05) is 7.05 Å². The highest BCUT2D eigenvalue weighted by Crippen LogP contribution is 2.35. The maximum absolute atomic E-state index is 10.2. The predicted molar refractivity (Wildman–Crippen MR) is 91.2 cm³/mol. The first kappa shape index (κ1) is 15.1. The van der Waals surface area contributed by atoms with Crippen LogP contribution in [0, 0.1) is 13.8 Å². The van der Waals surface area contributed by atoms with Gasteiger partial charge in [-0.2, -0.15) is 0 Å². The summed E-state index contributed by atoms with van der Waals surface area (Å²) in [5.41, 5.74) is 6.35. The molecule has 116 valence electrons. The summed E-state index contributed by atoms with van der Waals surface area (Å²) in [6, 6.07) is 13.2. The third kappa shape index (κ3) is 2.89. The molecule has 22 heavy (non-hydrogen) atoms. The van der Waals surface area contributed by atoms with E-state index >= 15 is 0 Å². The van der Waals surface area contributed by atoms with Gasteiger partial charge in [-0.3, -0.25) is 4.90 Å². The fourth-order valence-corrected chi connectivity index (χ4v) is 3.55. The van der Waals surface area contributed by atoms with E-state index in [-0.39, 0.29) is 0 Å². The van der Waals surface area contributed by atoms with Crippen molar-refractivity contribution in [1.29, 1.82) is 0 Å². The quantitative estimate of drug-likeness (QED) is 0.900. The molecule has 0 spiro atoms. The highest BCUT2D eigenvalue weighted by molar-refractivity contribution is 5.41. The Balaban J connectivity index is 1.84. The summed E-state index contributed by atoms with van der Waals surface area (Å²) in [6.07, 6.45) is 3.62. The van der Waals surface area contributed by atoms with Gasteiger partial charge in [-0.1, -0.05) is 30.3 Å². The van der Waals surface area contributed by atoms with Crippen molar-refractivity contribution in [3.05, 3.63) is 64.2 Å². The van der Waals surface area contributed by atoms with Crippen LogP contribution in [0.2, 0.25) is 0 Å². The highest BCUT2D eigenvalue weighted by atomic mass is 16.3. The van der Waals surface area contributed by atoms with Crippen molar-refractivity contribution in [3.63, 3.8) is 0 Å². The molecular weight excluding hydrogens is 270 g/mol. The van der Waals surface area contributed by atoms with Crippen molar-refractivity contribution >= 4 is 0 Å². The summed E-state index contributed by atoms with van der Waals surface area (Å²) in [4.78, 5) is 2.38. The minimum absolute atomic E-state index is 0.416. The van der Waals surface area contributed by atoms with Crippen LogP contribution in [0.25, 0.3) is 0 Å². The van der Waals surface area contributed by atoms with Crippen molar-refractivity contribution in [2.45, 2.75) is 45.7 Å². The van der Waals surface area contributed by atoms with Gasteiger partial charge in [-0.25, -0.2) is 0 Å². The molecule has 1 unspecified atom stereocenters. The summed E-state index contributed by atoms with van der Waals surface area (Å²) in [5.74, 6) is 0.416. The molecule has 0 saturated carbocycles. The molecule has 2 nitrogen and oxygen atoms in total. The first-order valence-corrected chi connectivity index (χ1v) is 8.13. The van der Waals surface area contributed by atoms with E-state index in [4.69, 9.17) is 0 Å². The van der Waals surface area contributed by atoms with Crippen LogP contribution >= 0.6 is 0 Å². The zero-order valence-corrected chi connectivity index (χ0v) is 13.8. The minimum Gasteiger partial charge on any atom is -0.508 e. The average molecular weight is 295 g/mol. The Labute approximate surface area is 133 Å². The van der Waals surface area contributed by atoms with Crippen molar-refractivity contribution < 1.29 is 5.11 Å². The SMILES string of the molecule is Cc1cc(O)c(CN(C)C2CCCc3ccccc32)cc1C. The number of phenols is 1. The van der Waals surface area contributed by atoms with Crippen LogP contribution in [0.3, 0.4) is 0 Å². The van der Waals surface area contributed by atoms with E-state index in [0.717, 1.165) is 17.7 Å². The number of phenolic OH excluding ortho intramolecular Hbond substituents is 1. The molecule has 0 aliphatic heterocycles. The second kappa shape index (κ2) is 6.13. The van der Waals surface area contributed by atoms with Crippen LogP contribution < -0.4 is 0 Å². The number of aromatic hydroxyl groups is 1. The lowest BCUT2D eigenvalue weighted by molar-refractivity contribution is 0.211. The normalized spacial score (nSPS) is 17.5. The molecule has 0 saturated heterocycles. The monoisotopic (exact) mass is 295 g/mol. The van der Waals surface area contributed by atoms with Gasteiger partial charge in [0.1, 0.15) is 5.75 Å². The van der Waals surface area contributed by atoms with E-state index in [1.54, 1.807) is 0 Å². The van der Waals surface area contributed by atoms with E-state index in [9.17, 15) is 5.11 Å². The molecule has 0 aromatic heterocycles. The molecule has 0 bridgehead atoms. The fraction of sp³-hybridized carbons (Fsp3) is 0.400. The van der Waals surface area contributed by atoms with Crippen LogP contribution in [0.5, 0.6) is 5.75 Å². The van der Waals surface area contributed by atoms with Gasteiger partial charge in [0, 0.05) is 18.2 Å². The number of nitrogens with zero attached hydrogens (tertiary/aromatic N) is 1. The summed E-state index contributed by atoms with van der Waals surface area (Å²) in [5, 5.41) is 10.2. The Morgan fingerprint density at radius 2 is 1.86 bits per heavy atom. The average Bonchev–Trinajstić information content (AvgIpc) is 2.52. The third-order valence-corrected chi connectivity index (χ3v) is 4.98. The van der Waals surface area contributed by atoms with Crippen LogP contribution in [-0.2, 0) is 13.0 Å². The number of fused-ring (bicyclic) bond motifs is 1. The van der Waals surface area contributed by atoms with Crippen molar-refractivity contribution in [1.82, 2.24) is 4.90 Å². The van der Waals surface area contributed by atoms with E-state index in [1.165, 1.54) is 36.0 Å². The number of rotatable bonds is 3. The topological polar surface area (TPSA) is 23.5 Å². The first-order chi connectivity index (χ1) is 10.6. The van der Waals surface area contributed by atoms with Gasteiger partial charge >= 0.3 is 0 Å². The molecule has 3 rings (SSSR count). The molecule has 1 aliphatic carbocycles. The molecule has 2 heteroatoms. The summed E-state index contributed by atoms with van der Waals surface area (Å²) >= 11 is 0. The van der Waals surface area contributed by atoms with Crippen molar-refractivity contribution in [2.24, 2.45) is 0 Å². The minimum atomic E-state index is 0.416. The van der Waals surface area contributed by atoms with Crippen LogP contribution in [0.4, 0.5) is 0 Å². The third-order valence-electron chi connectivity index (χ3n) is 4.98. The molecule has 2 aromatic carbocycles. The Kier molecular flexibility index (Phi) is 4.21. The number of hydrogen-bond acceptors (Lipinski definition) is 2. The lowest BCUT2D eigenvalue weighted by Crippen LogP contribution is -2.27. The maximum Gasteiger partial charge on any atom is 0.120 e. The van der Waals surface area contributed by atoms with E-state index in [1.807, 2.05) is 13.0 Å². The molecule has 1 N–H and O–H groups in total. The van der Waals surface area contributed by atoms with Gasteiger partial charge in [0.2, 0.25) is 0 Å². The number of benzene rings is 2. The molecule has 0 fully saturated rings. The van der Waals surface area contributed by atoms with Crippen LogP contribution in [0.1, 0.15) is 46.7 Å². The maximum atomic E-state index is 10.2. The second-order valence-corrected chi connectivity index (χ2v) is 6.59. The number of aryl methyl sites for hydroxylation is 3. The Hall–Kier alpha value is -1.80. The van der Waals surface area contributed by atoms with E-state index in [2.05, 4.69) is 49.2 Å². The fourth-order valence-electron chi connectivity index (χ4n) is 3.55. The first-order valence-electron chi connectivity index (χ1n) is 8.13. The van der Waals surface area contributed by atoms with Gasteiger partial charge < -0.3 is 5.11 Å². The van der Waals surface area contributed by atoms with Gasteiger partial charge in [0.25, 0.3) is 0 Å². The molecule has 1 atom stereocenters. The summed E-state index contributed by atoms with van der Waals surface area (Å²) < 4.78 is 0. The summed E-state index contributed by atoms with van der Waals surface area (Å²) in [6.45, 7) is 4.93. The zero-order chi connectivity index (χ0) is 15.7. The molecule has 2 aromatic rings. The Morgan fingerprint density at radius 1 is 1.14 bits per heavy atom. The van der Waals surface area contributed by atoms with Gasteiger partial charge in [-0.15, -0.1) is 0 Å². The standard InChI is InChI=1S/C20H25NO/c1-14-11-17(20(22)12-15(14)2)13-21(3)19-10-6-8-16-7-4-5-9-18(16)19/h4-5,7,9,11-12,19,22H,6,8,10,13H2,1-3H3.